The second-order valence-electron chi connectivity index (χ2n) is 2.83. The molecule has 0 unspecified atom stereocenters. The molecule has 3 N–H and O–H groups in total. The first-order valence-corrected chi connectivity index (χ1v) is 4.08. The van der Waals surface area contributed by atoms with Gasteiger partial charge in [0.1, 0.15) is 0 Å². The van der Waals surface area contributed by atoms with Crippen LogP contribution in [0.3, 0.4) is 0 Å². The molecule has 0 amide bonds. The van der Waals surface area contributed by atoms with E-state index in [1.165, 1.54) is 6.20 Å². The van der Waals surface area contributed by atoms with E-state index < -0.39 is 5.82 Å². The summed E-state index contributed by atoms with van der Waals surface area (Å²) in [5.41, 5.74) is 5.81. The van der Waals surface area contributed by atoms with Gasteiger partial charge in [-0.25, -0.2) is 9.37 Å². The number of nitrogens with two attached hydrogens (primary N) is 1. The van der Waals surface area contributed by atoms with Crippen LogP contribution in [0.2, 0.25) is 0 Å². The molecule has 0 bridgehead atoms. The Bertz CT molecular complexity index is 448. The third-order valence-corrected chi connectivity index (χ3v) is 1.83. The second kappa shape index (κ2) is 3.22. The third kappa shape index (κ3) is 1.29. The van der Waals surface area contributed by atoms with Crippen molar-refractivity contribution in [2.24, 2.45) is 5.73 Å². The molecule has 0 aliphatic carbocycles. The first-order valence-electron chi connectivity index (χ1n) is 4.08. The lowest BCUT2D eigenvalue weighted by atomic mass is 10.3. The van der Waals surface area contributed by atoms with E-state index >= 15 is 0 Å². The molecular formula is C8H9FN4O. The van der Waals surface area contributed by atoms with Crippen LogP contribution >= 0.6 is 0 Å². The van der Waals surface area contributed by atoms with Gasteiger partial charge in [0.25, 0.3) is 0 Å². The van der Waals surface area contributed by atoms with E-state index in [1.807, 2.05) is 0 Å². The summed E-state index contributed by atoms with van der Waals surface area (Å²) in [6, 6.07) is 0. The molecule has 0 aliphatic heterocycles. The van der Waals surface area contributed by atoms with Crippen molar-refractivity contribution in [1.82, 2.24) is 15.2 Å². The Hall–Kier alpha value is -1.69. The summed E-state index contributed by atoms with van der Waals surface area (Å²) in [7, 11) is 0. The Morgan fingerprint density at radius 1 is 1.64 bits per heavy atom. The van der Waals surface area contributed by atoms with Crippen molar-refractivity contribution in [1.29, 1.82) is 0 Å². The fourth-order valence-corrected chi connectivity index (χ4v) is 1.09. The molecule has 0 atom stereocenters. The zero-order valence-corrected chi connectivity index (χ0v) is 7.54. The van der Waals surface area contributed by atoms with Gasteiger partial charge in [-0.2, -0.15) is 5.10 Å². The molecule has 2 rings (SSSR count). The highest BCUT2D eigenvalue weighted by molar-refractivity contribution is 5.51. The molecule has 5 nitrogen and oxygen atoms in total. The van der Waals surface area contributed by atoms with E-state index in [2.05, 4.69) is 15.2 Å². The molecule has 2 aromatic heterocycles. The average Bonchev–Trinajstić information content (AvgIpc) is 2.75. The number of aromatic nitrogens is 3. The van der Waals surface area contributed by atoms with Crippen molar-refractivity contribution < 1.29 is 8.81 Å². The van der Waals surface area contributed by atoms with Crippen molar-refractivity contribution in [2.45, 2.75) is 13.5 Å². The van der Waals surface area contributed by atoms with Crippen molar-refractivity contribution in [3.05, 3.63) is 23.6 Å². The number of nitrogens with one attached hydrogen (secondary N) is 1. The number of aromatic amines is 1. The maximum atomic E-state index is 13.3. The van der Waals surface area contributed by atoms with E-state index in [4.69, 9.17) is 10.2 Å². The molecule has 0 aliphatic rings. The summed E-state index contributed by atoms with van der Waals surface area (Å²) in [6.45, 7) is 1.77. The first kappa shape index (κ1) is 8.89. The Balaban J connectivity index is 2.44. The minimum absolute atomic E-state index is 0.134. The van der Waals surface area contributed by atoms with Crippen LogP contribution in [0.5, 0.6) is 0 Å². The third-order valence-electron chi connectivity index (χ3n) is 1.83. The van der Waals surface area contributed by atoms with Crippen LogP contribution in [0, 0.1) is 12.7 Å². The van der Waals surface area contributed by atoms with Gasteiger partial charge < -0.3 is 10.2 Å². The van der Waals surface area contributed by atoms with E-state index in [0.29, 0.717) is 11.6 Å². The van der Waals surface area contributed by atoms with Crippen molar-refractivity contribution >= 4 is 0 Å². The molecule has 0 radical (unpaired) electrons. The quantitative estimate of drug-likeness (QED) is 0.749. The zero-order valence-electron chi connectivity index (χ0n) is 7.54. The van der Waals surface area contributed by atoms with Gasteiger partial charge in [-0.15, -0.1) is 0 Å². The van der Waals surface area contributed by atoms with Crippen LogP contribution in [0.15, 0.2) is 10.6 Å². The van der Waals surface area contributed by atoms with E-state index in [-0.39, 0.29) is 18.0 Å². The topological polar surface area (TPSA) is 80.7 Å². The number of oxazole rings is 1. The first-order chi connectivity index (χ1) is 6.72. The molecule has 6 heteroatoms. The van der Waals surface area contributed by atoms with E-state index in [9.17, 15) is 4.39 Å². The number of nitrogens with zero attached hydrogens (tertiary/aromatic N) is 2. The van der Waals surface area contributed by atoms with E-state index in [1.54, 1.807) is 6.92 Å². The Labute approximate surface area is 79.1 Å². The molecule has 0 fully saturated rings. The number of H-pyrrole nitrogens is 1. The fraction of sp³-hybridized carbons (Fsp3) is 0.250. The summed E-state index contributed by atoms with van der Waals surface area (Å²) >= 11 is 0. The summed E-state index contributed by atoms with van der Waals surface area (Å²) in [5.74, 6) is 0.220. The van der Waals surface area contributed by atoms with Crippen molar-refractivity contribution in [3.8, 4) is 11.5 Å². The molecule has 0 saturated heterocycles. The number of halogens is 1. The van der Waals surface area contributed by atoms with Gasteiger partial charge in [0.2, 0.25) is 5.89 Å². The number of rotatable bonds is 2. The van der Waals surface area contributed by atoms with Gasteiger partial charge in [0.15, 0.2) is 17.3 Å². The predicted molar refractivity (Wildman–Crippen MR) is 46.7 cm³/mol. The molecular weight excluding hydrogens is 187 g/mol. The van der Waals surface area contributed by atoms with Crippen molar-refractivity contribution in [3.63, 3.8) is 0 Å². The summed E-state index contributed by atoms with van der Waals surface area (Å²) < 4.78 is 18.5. The Kier molecular flexibility index (Phi) is 2.05. The number of hydrogen-bond donors (Lipinski definition) is 2. The monoisotopic (exact) mass is 196 g/mol. The number of aryl methyl sites for hydroxylation is 1. The lowest BCUT2D eigenvalue weighted by molar-refractivity contribution is 0.504. The normalized spacial score (nSPS) is 10.8. The van der Waals surface area contributed by atoms with Crippen LogP contribution in [0.25, 0.3) is 11.5 Å². The van der Waals surface area contributed by atoms with Gasteiger partial charge in [-0.1, -0.05) is 0 Å². The summed E-state index contributed by atoms with van der Waals surface area (Å²) in [6.07, 6.45) is 1.40. The van der Waals surface area contributed by atoms with Crippen LogP contribution in [0.1, 0.15) is 11.6 Å². The second-order valence-corrected chi connectivity index (χ2v) is 2.83. The highest BCUT2D eigenvalue weighted by Gasteiger charge is 2.15. The molecule has 2 aromatic rings. The van der Waals surface area contributed by atoms with E-state index in [0.717, 1.165) is 0 Å². The maximum absolute atomic E-state index is 13.3. The predicted octanol–water partition coefficient (Wildman–Crippen LogP) is 0.971. The van der Waals surface area contributed by atoms with Gasteiger partial charge in [0, 0.05) is 0 Å². The van der Waals surface area contributed by atoms with Crippen LogP contribution < -0.4 is 5.73 Å². The van der Waals surface area contributed by atoms with Gasteiger partial charge in [-0.3, -0.25) is 5.10 Å². The highest BCUT2D eigenvalue weighted by Crippen LogP contribution is 2.22. The molecule has 14 heavy (non-hydrogen) atoms. The van der Waals surface area contributed by atoms with Gasteiger partial charge in [0.05, 0.1) is 18.4 Å². The van der Waals surface area contributed by atoms with Crippen LogP contribution in [-0.2, 0) is 6.54 Å². The molecule has 0 saturated carbocycles. The summed E-state index contributed by atoms with van der Waals surface area (Å²) in [4.78, 5) is 3.85. The molecule has 0 spiro atoms. The highest BCUT2D eigenvalue weighted by atomic mass is 19.1. The summed E-state index contributed by atoms with van der Waals surface area (Å²) in [5, 5.41) is 6.28. The molecule has 0 aromatic carbocycles. The lowest BCUT2D eigenvalue weighted by Crippen LogP contribution is -1.94. The Morgan fingerprint density at radius 2 is 2.43 bits per heavy atom. The smallest absolute Gasteiger partial charge is 0.208 e. The lowest BCUT2D eigenvalue weighted by Gasteiger charge is -1.88. The Morgan fingerprint density at radius 3 is 2.93 bits per heavy atom. The van der Waals surface area contributed by atoms with Gasteiger partial charge in [-0.05, 0) is 6.92 Å². The minimum Gasteiger partial charge on any atom is -0.437 e. The largest absolute Gasteiger partial charge is 0.437 e. The average molecular weight is 196 g/mol. The standard InChI is InChI=1S/C8H9FN4O/c1-4-7(9)8(13-12-4)5-3-11-6(2-10)14-5/h3H,2,10H2,1H3,(H,12,13). The zero-order chi connectivity index (χ0) is 10.1. The van der Waals surface area contributed by atoms with Crippen molar-refractivity contribution in [2.75, 3.05) is 0 Å². The molecule has 74 valence electrons. The SMILES string of the molecule is Cc1[nH]nc(-c2cnc(CN)o2)c1F. The van der Waals surface area contributed by atoms with Crippen LogP contribution in [-0.4, -0.2) is 15.2 Å². The maximum Gasteiger partial charge on any atom is 0.208 e. The van der Waals surface area contributed by atoms with Gasteiger partial charge >= 0.3 is 0 Å². The fourth-order valence-electron chi connectivity index (χ4n) is 1.09. The minimum atomic E-state index is -0.426. The van der Waals surface area contributed by atoms with Crippen LogP contribution in [0.4, 0.5) is 4.39 Å². The number of hydrogen-bond acceptors (Lipinski definition) is 4. The molecule has 2 heterocycles.